The number of pyridine rings is 1. The van der Waals surface area contributed by atoms with Gasteiger partial charge in [0.15, 0.2) is 0 Å². The van der Waals surface area contributed by atoms with Crippen LogP contribution in [0.3, 0.4) is 0 Å². The van der Waals surface area contributed by atoms with Crippen molar-refractivity contribution < 1.29 is 8.42 Å². The van der Waals surface area contributed by atoms with E-state index in [4.69, 9.17) is 17.3 Å². The molecule has 1 aromatic heterocycles. The maximum atomic E-state index is 12.0. The summed E-state index contributed by atoms with van der Waals surface area (Å²) in [7, 11) is -3.59. The van der Waals surface area contributed by atoms with E-state index in [1.165, 1.54) is 18.3 Å². The van der Waals surface area contributed by atoms with Crippen molar-refractivity contribution in [3.63, 3.8) is 0 Å². The van der Waals surface area contributed by atoms with Crippen molar-refractivity contribution in [3.8, 4) is 0 Å². The van der Waals surface area contributed by atoms with Crippen LogP contribution in [0.2, 0.25) is 5.02 Å². The Kier molecular flexibility index (Phi) is 4.04. The highest BCUT2D eigenvalue weighted by Gasteiger charge is 2.13. The largest absolute Gasteiger partial charge is 0.384 e. The number of nitrogens with one attached hydrogen (secondary N) is 1. The quantitative estimate of drug-likeness (QED) is 0.901. The highest BCUT2D eigenvalue weighted by atomic mass is 35.5. The second kappa shape index (κ2) is 5.56. The summed E-state index contributed by atoms with van der Waals surface area (Å²) in [5.74, 6) is 0.161. The van der Waals surface area contributed by atoms with Gasteiger partial charge in [0.05, 0.1) is 4.90 Å². The Balaban J connectivity index is 2.12. The zero-order valence-corrected chi connectivity index (χ0v) is 11.4. The van der Waals surface area contributed by atoms with Gasteiger partial charge in [0.25, 0.3) is 0 Å². The normalized spacial score (nSPS) is 11.4. The summed E-state index contributed by atoms with van der Waals surface area (Å²) < 4.78 is 26.5. The van der Waals surface area contributed by atoms with Crippen molar-refractivity contribution in [1.82, 2.24) is 9.71 Å². The molecule has 2 aromatic rings. The second-order valence-electron chi connectivity index (χ2n) is 3.87. The van der Waals surface area contributed by atoms with Crippen LogP contribution >= 0.6 is 11.6 Å². The van der Waals surface area contributed by atoms with Crippen LogP contribution in [0, 0.1) is 0 Å². The van der Waals surface area contributed by atoms with Gasteiger partial charge in [0.1, 0.15) is 5.82 Å². The Morgan fingerprint density at radius 3 is 2.53 bits per heavy atom. The molecule has 0 saturated heterocycles. The molecule has 0 aliphatic heterocycles. The lowest BCUT2D eigenvalue weighted by Crippen LogP contribution is -2.23. The van der Waals surface area contributed by atoms with Crippen molar-refractivity contribution in [2.24, 2.45) is 0 Å². The second-order valence-corrected chi connectivity index (χ2v) is 6.07. The van der Waals surface area contributed by atoms with E-state index in [1.54, 1.807) is 24.3 Å². The fraction of sp³-hybridized carbons (Fsp3) is 0.0833. The van der Waals surface area contributed by atoms with Gasteiger partial charge in [-0.3, -0.25) is 0 Å². The zero-order chi connectivity index (χ0) is 13.9. The molecule has 19 heavy (non-hydrogen) atoms. The van der Waals surface area contributed by atoms with Crippen LogP contribution in [0.1, 0.15) is 5.56 Å². The molecule has 0 spiro atoms. The number of hydrogen-bond donors (Lipinski definition) is 2. The highest BCUT2D eigenvalue weighted by Crippen LogP contribution is 2.12. The lowest BCUT2D eigenvalue weighted by molar-refractivity contribution is 0.581. The van der Waals surface area contributed by atoms with Gasteiger partial charge in [-0.15, -0.1) is 0 Å². The number of nitrogens with zero attached hydrogens (tertiary/aromatic N) is 1. The molecule has 0 unspecified atom stereocenters. The number of nitrogen functional groups attached to an aromatic ring is 1. The summed E-state index contributed by atoms with van der Waals surface area (Å²) in [6.07, 6.45) is 1.35. The van der Waals surface area contributed by atoms with E-state index in [1.807, 2.05) is 0 Å². The van der Waals surface area contributed by atoms with Gasteiger partial charge in [0, 0.05) is 23.8 Å². The molecule has 0 amide bonds. The Hall–Kier alpha value is -1.63. The van der Waals surface area contributed by atoms with E-state index in [9.17, 15) is 8.42 Å². The minimum atomic E-state index is -3.59. The van der Waals surface area contributed by atoms with Crippen molar-refractivity contribution in [2.45, 2.75) is 11.4 Å². The van der Waals surface area contributed by atoms with Gasteiger partial charge in [-0.05, 0) is 23.8 Å². The van der Waals surface area contributed by atoms with Crippen molar-refractivity contribution >= 4 is 27.4 Å². The first-order valence-electron chi connectivity index (χ1n) is 5.43. The first-order chi connectivity index (χ1) is 8.97. The molecule has 100 valence electrons. The predicted molar refractivity (Wildman–Crippen MR) is 74.1 cm³/mol. The minimum Gasteiger partial charge on any atom is -0.384 e. The number of sulfonamides is 1. The van der Waals surface area contributed by atoms with Gasteiger partial charge >= 0.3 is 0 Å². The third-order valence-corrected chi connectivity index (χ3v) is 4.09. The third-order valence-electron chi connectivity index (χ3n) is 2.44. The third kappa shape index (κ3) is 3.66. The molecule has 0 aliphatic carbocycles. The van der Waals surface area contributed by atoms with Crippen LogP contribution < -0.4 is 10.5 Å². The van der Waals surface area contributed by atoms with Crippen LogP contribution in [0.4, 0.5) is 5.82 Å². The van der Waals surface area contributed by atoms with Gasteiger partial charge in [-0.25, -0.2) is 18.1 Å². The molecular formula is C12H12ClN3O2S. The Bertz CT molecular complexity index is 672. The zero-order valence-electron chi connectivity index (χ0n) is 9.88. The fourth-order valence-electron chi connectivity index (χ4n) is 1.46. The van der Waals surface area contributed by atoms with E-state index in [-0.39, 0.29) is 17.3 Å². The number of halogens is 1. The summed E-state index contributed by atoms with van der Waals surface area (Å²) in [4.78, 5) is 3.84. The first kappa shape index (κ1) is 13.8. The maximum Gasteiger partial charge on any atom is 0.241 e. The molecular weight excluding hydrogens is 286 g/mol. The Morgan fingerprint density at radius 2 is 1.89 bits per heavy atom. The van der Waals surface area contributed by atoms with E-state index in [0.29, 0.717) is 5.02 Å². The van der Waals surface area contributed by atoms with Crippen LogP contribution in [0.15, 0.2) is 47.5 Å². The summed E-state index contributed by atoms with van der Waals surface area (Å²) in [6.45, 7) is 0.182. The van der Waals surface area contributed by atoms with E-state index in [0.717, 1.165) is 5.56 Å². The van der Waals surface area contributed by atoms with Crippen LogP contribution in [0.5, 0.6) is 0 Å². The van der Waals surface area contributed by atoms with Gasteiger partial charge in [-0.2, -0.15) is 0 Å². The van der Waals surface area contributed by atoms with Crippen LogP contribution in [-0.2, 0) is 16.6 Å². The number of benzene rings is 1. The molecule has 5 nitrogen and oxygen atoms in total. The highest BCUT2D eigenvalue weighted by molar-refractivity contribution is 7.89. The van der Waals surface area contributed by atoms with Crippen molar-refractivity contribution in [1.29, 1.82) is 0 Å². The summed E-state index contributed by atoms with van der Waals surface area (Å²) >= 11 is 5.76. The number of anilines is 1. The van der Waals surface area contributed by atoms with E-state index >= 15 is 0 Å². The standard InChI is InChI=1S/C12H12ClN3O2S/c13-10-3-1-9(2-4-10)8-16-19(17,18)11-5-6-15-12(14)7-11/h1-7,16H,8H2,(H2,14,15). The summed E-state index contributed by atoms with van der Waals surface area (Å²) in [5.41, 5.74) is 6.28. The lowest BCUT2D eigenvalue weighted by atomic mass is 10.2. The van der Waals surface area contributed by atoms with Crippen molar-refractivity contribution in [2.75, 3.05) is 5.73 Å². The molecule has 0 bridgehead atoms. The molecule has 1 heterocycles. The average Bonchev–Trinajstić information content (AvgIpc) is 2.38. The Labute approximate surface area is 116 Å². The van der Waals surface area contributed by atoms with Gasteiger partial charge < -0.3 is 5.73 Å². The monoisotopic (exact) mass is 297 g/mol. The van der Waals surface area contributed by atoms with E-state index in [2.05, 4.69) is 9.71 Å². The number of aromatic nitrogens is 1. The number of rotatable bonds is 4. The minimum absolute atomic E-state index is 0.0916. The molecule has 0 aliphatic rings. The van der Waals surface area contributed by atoms with Crippen molar-refractivity contribution in [3.05, 3.63) is 53.2 Å². The topological polar surface area (TPSA) is 85.1 Å². The molecule has 0 fully saturated rings. The predicted octanol–water partition coefficient (Wildman–Crippen LogP) is 1.80. The molecule has 7 heteroatoms. The SMILES string of the molecule is Nc1cc(S(=O)(=O)NCc2ccc(Cl)cc2)ccn1. The molecule has 2 rings (SSSR count). The molecule has 0 radical (unpaired) electrons. The molecule has 0 atom stereocenters. The summed E-state index contributed by atoms with van der Waals surface area (Å²) in [5, 5.41) is 0.605. The molecule has 3 N–H and O–H groups in total. The van der Waals surface area contributed by atoms with Gasteiger partial charge in [-0.1, -0.05) is 23.7 Å². The van der Waals surface area contributed by atoms with Gasteiger partial charge in [0.2, 0.25) is 10.0 Å². The average molecular weight is 298 g/mol. The number of hydrogen-bond acceptors (Lipinski definition) is 4. The number of nitrogens with two attached hydrogens (primary N) is 1. The van der Waals surface area contributed by atoms with Crippen LogP contribution in [-0.4, -0.2) is 13.4 Å². The smallest absolute Gasteiger partial charge is 0.241 e. The molecule has 1 aromatic carbocycles. The Morgan fingerprint density at radius 1 is 1.21 bits per heavy atom. The summed E-state index contributed by atoms with van der Waals surface area (Å²) in [6, 6.07) is 9.62. The first-order valence-corrected chi connectivity index (χ1v) is 7.29. The maximum absolute atomic E-state index is 12.0. The lowest BCUT2D eigenvalue weighted by Gasteiger charge is -2.07. The molecule has 0 saturated carbocycles. The fourth-order valence-corrected chi connectivity index (χ4v) is 2.62. The van der Waals surface area contributed by atoms with Crippen LogP contribution in [0.25, 0.3) is 0 Å². The van der Waals surface area contributed by atoms with E-state index < -0.39 is 10.0 Å².